The summed E-state index contributed by atoms with van der Waals surface area (Å²) in [6.07, 6.45) is 9.91. The second-order valence-corrected chi connectivity index (χ2v) is 10.4. The van der Waals surface area contributed by atoms with E-state index in [1.807, 2.05) is 13.8 Å². The molecule has 0 spiro atoms. The third-order valence-electron chi connectivity index (χ3n) is 7.29. The van der Waals surface area contributed by atoms with Crippen molar-refractivity contribution >= 4 is 17.5 Å². The van der Waals surface area contributed by atoms with Crippen LogP contribution in [0.25, 0.3) is 0 Å². The van der Waals surface area contributed by atoms with Gasteiger partial charge in [0.25, 0.3) is 11.5 Å². The van der Waals surface area contributed by atoms with Crippen LogP contribution in [0.2, 0.25) is 0 Å². The van der Waals surface area contributed by atoms with Crippen LogP contribution in [0.3, 0.4) is 0 Å². The van der Waals surface area contributed by atoms with Crippen LogP contribution in [0, 0.1) is 23.6 Å². The Labute approximate surface area is 213 Å². The van der Waals surface area contributed by atoms with Gasteiger partial charge in [0.15, 0.2) is 0 Å². The van der Waals surface area contributed by atoms with Crippen LogP contribution in [0.1, 0.15) is 74.6 Å². The molecule has 0 saturated heterocycles. The van der Waals surface area contributed by atoms with Gasteiger partial charge in [-0.1, -0.05) is 0 Å². The molecule has 2 aliphatic carbocycles. The lowest BCUT2D eigenvalue weighted by Crippen LogP contribution is -2.50. The Morgan fingerprint density at radius 2 is 1.84 bits per heavy atom. The van der Waals surface area contributed by atoms with E-state index in [4.69, 9.17) is 0 Å². The number of amides is 2. The number of nitrogens with zero attached hydrogens (tertiary/aromatic N) is 4. The molecule has 2 fully saturated rings. The quantitative estimate of drug-likeness (QED) is 0.387. The van der Waals surface area contributed by atoms with Crippen molar-refractivity contribution in [2.24, 2.45) is 17.8 Å². The highest BCUT2D eigenvalue weighted by Crippen LogP contribution is 2.51. The van der Waals surface area contributed by atoms with E-state index in [0.717, 1.165) is 31.9 Å². The molecular formula is C26H32FN7O3. The van der Waals surface area contributed by atoms with Crippen molar-refractivity contribution in [3.8, 4) is 0 Å². The minimum Gasteiger partial charge on any atom is -0.339 e. The van der Waals surface area contributed by atoms with Crippen LogP contribution >= 0.6 is 0 Å². The first-order chi connectivity index (χ1) is 17.7. The first kappa shape index (κ1) is 24.9. The summed E-state index contributed by atoms with van der Waals surface area (Å²) in [5.41, 5.74) is 0.659. The molecule has 0 radical (unpaired) electrons. The van der Waals surface area contributed by atoms with Crippen molar-refractivity contribution in [3.63, 3.8) is 0 Å². The largest absolute Gasteiger partial charge is 0.339 e. The zero-order valence-electron chi connectivity index (χ0n) is 21.1. The number of H-pyrrole nitrogens is 1. The topological polar surface area (TPSA) is 127 Å². The summed E-state index contributed by atoms with van der Waals surface area (Å²) in [7, 11) is 0. The molecule has 37 heavy (non-hydrogen) atoms. The second-order valence-electron chi connectivity index (χ2n) is 10.4. The maximum Gasteiger partial charge on any atom is 0.270 e. The maximum atomic E-state index is 13.7. The number of aromatic nitrogens is 5. The van der Waals surface area contributed by atoms with Crippen LogP contribution in [-0.4, -0.2) is 42.4 Å². The molecule has 2 saturated carbocycles. The third kappa shape index (κ3) is 5.35. The third-order valence-corrected chi connectivity index (χ3v) is 7.29. The van der Waals surface area contributed by atoms with Crippen molar-refractivity contribution in [3.05, 3.63) is 64.3 Å². The zero-order valence-corrected chi connectivity index (χ0v) is 21.1. The molecule has 0 aromatic carbocycles. The summed E-state index contributed by atoms with van der Waals surface area (Å²) in [5, 5.41) is 14.5. The van der Waals surface area contributed by atoms with E-state index in [9.17, 15) is 18.8 Å². The van der Waals surface area contributed by atoms with Crippen molar-refractivity contribution in [2.45, 2.75) is 64.6 Å². The van der Waals surface area contributed by atoms with E-state index in [0.29, 0.717) is 23.2 Å². The smallest absolute Gasteiger partial charge is 0.270 e. The van der Waals surface area contributed by atoms with Crippen molar-refractivity contribution in [1.82, 2.24) is 29.9 Å². The molecule has 2 amide bonds. The molecule has 5 rings (SSSR count). The number of aromatic amines is 1. The molecular weight excluding hydrogens is 477 g/mol. The van der Waals surface area contributed by atoms with Gasteiger partial charge in [0.05, 0.1) is 17.9 Å². The zero-order chi connectivity index (χ0) is 26.3. The molecule has 3 aromatic heterocycles. The van der Waals surface area contributed by atoms with Gasteiger partial charge in [0.1, 0.15) is 17.6 Å². The highest BCUT2D eigenvalue weighted by atomic mass is 19.1. The summed E-state index contributed by atoms with van der Waals surface area (Å²) in [6, 6.07) is 1.58. The second kappa shape index (κ2) is 9.95. The van der Waals surface area contributed by atoms with Gasteiger partial charge in [-0.15, -0.1) is 0 Å². The molecule has 0 aliphatic heterocycles. The van der Waals surface area contributed by atoms with Gasteiger partial charge >= 0.3 is 0 Å². The van der Waals surface area contributed by atoms with Gasteiger partial charge in [0, 0.05) is 30.2 Å². The fourth-order valence-corrected chi connectivity index (χ4v) is 5.11. The van der Waals surface area contributed by atoms with Crippen molar-refractivity contribution in [2.75, 3.05) is 5.32 Å². The highest BCUT2D eigenvalue weighted by Gasteiger charge is 2.48. The molecule has 3 N–H and O–H groups in total. The number of rotatable bonds is 10. The van der Waals surface area contributed by atoms with Gasteiger partial charge in [-0.2, -0.15) is 10.2 Å². The summed E-state index contributed by atoms with van der Waals surface area (Å²) in [5.74, 6) is -0.275. The highest BCUT2D eigenvalue weighted by molar-refractivity contribution is 6.00. The lowest BCUT2D eigenvalue weighted by atomic mass is 9.88. The summed E-state index contributed by atoms with van der Waals surface area (Å²) >= 11 is 0. The Morgan fingerprint density at radius 3 is 2.49 bits per heavy atom. The Hall–Kier alpha value is -3.76. The SMILES string of the molecule is CC(C)n1nccc1C(=O)N[C@H](C(=O)Nc1cnn([C@@H](C)c2cc(F)c[nH]c2=O)c1)C(C1CC1)C1CC1. The van der Waals surface area contributed by atoms with E-state index < -0.39 is 23.5 Å². The van der Waals surface area contributed by atoms with Gasteiger partial charge in [-0.3, -0.25) is 23.7 Å². The Balaban J connectivity index is 1.36. The van der Waals surface area contributed by atoms with E-state index in [1.165, 1.54) is 16.9 Å². The average Bonchev–Trinajstić information content (AvgIpc) is 3.78. The molecule has 2 aliphatic rings. The summed E-state index contributed by atoms with van der Waals surface area (Å²) in [4.78, 5) is 41.4. The van der Waals surface area contributed by atoms with Crippen LogP contribution in [0.15, 0.2) is 41.7 Å². The number of carbonyl (C=O) groups is 2. The van der Waals surface area contributed by atoms with E-state index in [1.54, 1.807) is 30.1 Å². The van der Waals surface area contributed by atoms with Gasteiger partial charge < -0.3 is 15.6 Å². The fourth-order valence-electron chi connectivity index (χ4n) is 5.11. The Bertz CT molecular complexity index is 1340. The first-order valence-electron chi connectivity index (χ1n) is 12.8. The number of hydrogen-bond acceptors (Lipinski definition) is 5. The van der Waals surface area contributed by atoms with E-state index in [-0.39, 0.29) is 29.3 Å². The lowest BCUT2D eigenvalue weighted by molar-refractivity contribution is -0.119. The molecule has 10 nitrogen and oxygen atoms in total. The normalized spacial score (nSPS) is 17.1. The molecule has 2 atom stereocenters. The van der Waals surface area contributed by atoms with Crippen LogP contribution in [0.5, 0.6) is 0 Å². The number of nitrogens with one attached hydrogen (secondary N) is 3. The predicted octanol–water partition coefficient (Wildman–Crippen LogP) is 3.27. The number of carbonyl (C=O) groups excluding carboxylic acids is 2. The Kier molecular flexibility index (Phi) is 6.70. The molecule has 196 valence electrons. The number of pyridine rings is 1. The molecule has 3 heterocycles. The van der Waals surface area contributed by atoms with Crippen LogP contribution in [0.4, 0.5) is 10.1 Å². The minimum absolute atomic E-state index is 0.00356. The van der Waals surface area contributed by atoms with E-state index in [2.05, 4.69) is 25.8 Å². The number of anilines is 1. The van der Waals surface area contributed by atoms with E-state index >= 15 is 0 Å². The van der Waals surface area contributed by atoms with Crippen molar-refractivity contribution in [1.29, 1.82) is 0 Å². The lowest BCUT2D eigenvalue weighted by Gasteiger charge is -2.27. The van der Waals surface area contributed by atoms with Gasteiger partial charge in [-0.25, -0.2) is 4.39 Å². The Morgan fingerprint density at radius 1 is 1.14 bits per heavy atom. The number of hydrogen-bond donors (Lipinski definition) is 3. The number of halogens is 1. The average molecular weight is 510 g/mol. The summed E-state index contributed by atoms with van der Waals surface area (Å²) < 4.78 is 16.8. The standard InChI is InChI=1S/C26H32FN7O3/c1-14(2)34-21(8-9-29-34)25(36)32-23(22(16-4-5-16)17-6-7-17)26(37)31-19-12-30-33(13-19)15(3)20-10-18(27)11-28-24(20)35/h8-17,22-23H,4-7H2,1-3H3,(H,28,35)(H,31,37)(H,32,36)/t15-,23-/m0/s1. The molecule has 0 bridgehead atoms. The van der Waals surface area contributed by atoms with Crippen LogP contribution < -0.4 is 16.2 Å². The molecule has 3 aromatic rings. The van der Waals surface area contributed by atoms with Gasteiger partial charge in [-0.05, 0) is 76.3 Å². The minimum atomic E-state index is -0.699. The predicted molar refractivity (Wildman–Crippen MR) is 134 cm³/mol. The monoisotopic (exact) mass is 509 g/mol. The van der Waals surface area contributed by atoms with Crippen LogP contribution in [-0.2, 0) is 4.79 Å². The molecule has 11 heteroatoms. The fraction of sp³-hybridized carbons (Fsp3) is 0.500. The van der Waals surface area contributed by atoms with Crippen molar-refractivity contribution < 1.29 is 14.0 Å². The summed E-state index contributed by atoms with van der Waals surface area (Å²) in [6.45, 7) is 5.61. The molecule has 0 unspecified atom stereocenters. The van der Waals surface area contributed by atoms with Gasteiger partial charge in [0.2, 0.25) is 5.91 Å². The first-order valence-corrected chi connectivity index (χ1v) is 12.8. The maximum absolute atomic E-state index is 13.7.